The fourth-order valence-electron chi connectivity index (χ4n) is 1.68. The summed E-state index contributed by atoms with van der Waals surface area (Å²) in [4.78, 5) is 13.1. The van der Waals surface area contributed by atoms with E-state index in [1.165, 1.54) is 11.1 Å². The van der Waals surface area contributed by atoms with Crippen molar-refractivity contribution in [3.8, 4) is 0 Å². The van der Waals surface area contributed by atoms with Crippen LogP contribution in [0.1, 0.15) is 30.9 Å². The maximum absolute atomic E-state index is 10.8. The molecule has 1 rings (SSSR count). The normalized spacial score (nSPS) is 10.8. The molecule has 1 aromatic carbocycles. The molecule has 0 aliphatic carbocycles. The molecule has 0 spiro atoms. The Bertz CT molecular complexity index is 329. The number of carbonyl (C=O) groups excluding carboxylic acids is 1. The second-order valence-electron chi connectivity index (χ2n) is 4.53. The van der Waals surface area contributed by atoms with Gasteiger partial charge in [0, 0.05) is 13.0 Å². The van der Waals surface area contributed by atoms with Gasteiger partial charge in [0.25, 0.3) is 0 Å². The number of rotatable bonds is 6. The van der Waals surface area contributed by atoms with Gasteiger partial charge in [-0.15, -0.1) is 0 Å². The zero-order valence-corrected chi connectivity index (χ0v) is 10.5. The van der Waals surface area contributed by atoms with Crippen LogP contribution in [0, 0.1) is 6.92 Å². The van der Waals surface area contributed by atoms with E-state index in [2.05, 4.69) is 43.1 Å². The lowest BCUT2D eigenvalue weighted by atomic mass is 10.1. The number of carbonyl (C=O) groups is 1. The number of nitrogens with zero attached hydrogens (tertiary/aromatic N) is 1. The lowest BCUT2D eigenvalue weighted by molar-refractivity contribution is -0.117. The summed E-state index contributed by atoms with van der Waals surface area (Å²) in [6.45, 7) is 5.69. The van der Waals surface area contributed by atoms with E-state index in [4.69, 9.17) is 0 Å². The van der Waals surface area contributed by atoms with E-state index in [0.29, 0.717) is 6.42 Å². The summed E-state index contributed by atoms with van der Waals surface area (Å²) in [5.41, 5.74) is 2.62. The van der Waals surface area contributed by atoms with Gasteiger partial charge in [-0.1, -0.05) is 29.8 Å². The summed E-state index contributed by atoms with van der Waals surface area (Å²) in [6, 6.07) is 8.60. The SMILES string of the molecule is CC(=O)CCCN(C)Cc1ccc(C)cc1. The molecule has 16 heavy (non-hydrogen) atoms. The molecule has 88 valence electrons. The number of benzene rings is 1. The molecule has 0 atom stereocenters. The highest BCUT2D eigenvalue weighted by Crippen LogP contribution is 2.06. The highest BCUT2D eigenvalue weighted by Gasteiger charge is 2.01. The van der Waals surface area contributed by atoms with Crippen LogP contribution >= 0.6 is 0 Å². The molecule has 0 bridgehead atoms. The minimum atomic E-state index is 0.281. The van der Waals surface area contributed by atoms with Crippen LogP contribution in [0.4, 0.5) is 0 Å². The van der Waals surface area contributed by atoms with Crippen molar-refractivity contribution in [2.24, 2.45) is 0 Å². The van der Waals surface area contributed by atoms with Gasteiger partial charge in [0.05, 0.1) is 0 Å². The molecule has 0 aliphatic rings. The van der Waals surface area contributed by atoms with Crippen molar-refractivity contribution in [2.75, 3.05) is 13.6 Å². The molecule has 2 heteroatoms. The zero-order valence-electron chi connectivity index (χ0n) is 10.5. The van der Waals surface area contributed by atoms with Gasteiger partial charge >= 0.3 is 0 Å². The van der Waals surface area contributed by atoms with Crippen LogP contribution in [0.15, 0.2) is 24.3 Å². The average molecular weight is 219 g/mol. The molecule has 0 amide bonds. The third kappa shape index (κ3) is 5.08. The standard InChI is InChI=1S/C14H21NO/c1-12-6-8-14(9-7-12)11-15(3)10-4-5-13(2)16/h6-9H,4-5,10-11H2,1-3H3. The molecule has 0 unspecified atom stereocenters. The smallest absolute Gasteiger partial charge is 0.129 e. The van der Waals surface area contributed by atoms with Crippen molar-refractivity contribution in [1.82, 2.24) is 4.90 Å². The first-order chi connectivity index (χ1) is 7.58. The number of ketones is 1. The van der Waals surface area contributed by atoms with Gasteiger partial charge < -0.3 is 9.69 Å². The first-order valence-electron chi connectivity index (χ1n) is 5.81. The maximum Gasteiger partial charge on any atom is 0.129 e. The molecule has 2 nitrogen and oxygen atoms in total. The summed E-state index contributed by atoms with van der Waals surface area (Å²) in [7, 11) is 2.10. The monoisotopic (exact) mass is 219 g/mol. The van der Waals surface area contributed by atoms with Gasteiger partial charge in [-0.2, -0.15) is 0 Å². The molecule has 0 heterocycles. The van der Waals surface area contributed by atoms with Gasteiger partial charge in [0.15, 0.2) is 0 Å². The lowest BCUT2D eigenvalue weighted by Gasteiger charge is -2.16. The Kier molecular flexibility index (Phi) is 5.20. The van der Waals surface area contributed by atoms with Crippen molar-refractivity contribution in [1.29, 1.82) is 0 Å². The van der Waals surface area contributed by atoms with Crippen molar-refractivity contribution in [3.05, 3.63) is 35.4 Å². The first kappa shape index (κ1) is 12.9. The van der Waals surface area contributed by atoms with E-state index in [0.717, 1.165) is 19.5 Å². The highest BCUT2D eigenvalue weighted by atomic mass is 16.1. The Morgan fingerprint density at radius 1 is 1.25 bits per heavy atom. The molecule has 0 radical (unpaired) electrons. The van der Waals surface area contributed by atoms with Crippen LogP contribution in [0.2, 0.25) is 0 Å². The Hall–Kier alpha value is -1.15. The molecule has 0 fully saturated rings. The summed E-state index contributed by atoms with van der Waals surface area (Å²) < 4.78 is 0. The molecule has 1 aromatic rings. The second kappa shape index (κ2) is 6.44. The zero-order chi connectivity index (χ0) is 12.0. The minimum absolute atomic E-state index is 0.281. The van der Waals surface area contributed by atoms with Crippen LogP contribution in [0.5, 0.6) is 0 Å². The van der Waals surface area contributed by atoms with Gasteiger partial charge in [-0.05, 0) is 39.4 Å². The van der Waals surface area contributed by atoms with Crippen LogP contribution < -0.4 is 0 Å². The van der Waals surface area contributed by atoms with Gasteiger partial charge in [0.2, 0.25) is 0 Å². The van der Waals surface area contributed by atoms with E-state index < -0.39 is 0 Å². The topological polar surface area (TPSA) is 20.3 Å². The molecule has 0 N–H and O–H groups in total. The van der Waals surface area contributed by atoms with Crippen LogP contribution in [0.3, 0.4) is 0 Å². The predicted octanol–water partition coefficient (Wildman–Crippen LogP) is 2.80. The molecular formula is C14H21NO. The molecule has 0 saturated heterocycles. The number of hydrogen-bond acceptors (Lipinski definition) is 2. The average Bonchev–Trinajstić information content (AvgIpc) is 2.21. The van der Waals surface area contributed by atoms with Crippen molar-refractivity contribution < 1.29 is 4.79 Å². The van der Waals surface area contributed by atoms with Crippen LogP contribution in [-0.4, -0.2) is 24.3 Å². The molecule has 0 aromatic heterocycles. The Labute approximate surface area is 98.3 Å². The fourth-order valence-corrected chi connectivity index (χ4v) is 1.68. The lowest BCUT2D eigenvalue weighted by Crippen LogP contribution is -2.19. The van der Waals surface area contributed by atoms with E-state index in [-0.39, 0.29) is 5.78 Å². The summed E-state index contributed by atoms with van der Waals surface area (Å²) in [6.07, 6.45) is 1.65. The third-order valence-electron chi connectivity index (χ3n) is 2.64. The molecule has 0 saturated carbocycles. The fraction of sp³-hybridized carbons (Fsp3) is 0.500. The van der Waals surface area contributed by atoms with Gasteiger partial charge in [-0.3, -0.25) is 0 Å². The summed E-state index contributed by atoms with van der Waals surface area (Å²) in [5.74, 6) is 0.281. The van der Waals surface area contributed by atoms with Crippen LogP contribution in [-0.2, 0) is 11.3 Å². The largest absolute Gasteiger partial charge is 0.302 e. The Morgan fingerprint density at radius 3 is 2.44 bits per heavy atom. The quantitative estimate of drug-likeness (QED) is 0.733. The molecular weight excluding hydrogens is 198 g/mol. The van der Waals surface area contributed by atoms with E-state index in [1.54, 1.807) is 6.92 Å². The third-order valence-corrected chi connectivity index (χ3v) is 2.64. The van der Waals surface area contributed by atoms with E-state index in [1.807, 2.05) is 0 Å². The number of Topliss-reactive ketones (excluding diaryl/α,β-unsaturated/α-hetero) is 1. The van der Waals surface area contributed by atoms with Gasteiger partial charge in [-0.25, -0.2) is 0 Å². The van der Waals surface area contributed by atoms with E-state index >= 15 is 0 Å². The van der Waals surface area contributed by atoms with E-state index in [9.17, 15) is 4.79 Å². The van der Waals surface area contributed by atoms with Crippen molar-refractivity contribution in [2.45, 2.75) is 33.2 Å². The Balaban J connectivity index is 2.31. The summed E-state index contributed by atoms with van der Waals surface area (Å²) >= 11 is 0. The van der Waals surface area contributed by atoms with Gasteiger partial charge in [0.1, 0.15) is 5.78 Å². The minimum Gasteiger partial charge on any atom is -0.302 e. The summed E-state index contributed by atoms with van der Waals surface area (Å²) in [5, 5.41) is 0. The van der Waals surface area contributed by atoms with Crippen molar-refractivity contribution >= 4 is 5.78 Å². The number of hydrogen-bond donors (Lipinski definition) is 0. The van der Waals surface area contributed by atoms with Crippen LogP contribution in [0.25, 0.3) is 0 Å². The first-order valence-corrected chi connectivity index (χ1v) is 5.81. The highest BCUT2D eigenvalue weighted by molar-refractivity contribution is 5.75. The second-order valence-corrected chi connectivity index (χ2v) is 4.53. The Morgan fingerprint density at radius 2 is 1.88 bits per heavy atom. The number of aryl methyl sites for hydroxylation is 1. The molecule has 0 aliphatic heterocycles. The van der Waals surface area contributed by atoms with Crippen molar-refractivity contribution in [3.63, 3.8) is 0 Å². The predicted molar refractivity (Wildman–Crippen MR) is 67.4 cm³/mol. The maximum atomic E-state index is 10.8.